The van der Waals surface area contributed by atoms with Crippen molar-refractivity contribution in [3.63, 3.8) is 0 Å². The quantitative estimate of drug-likeness (QED) is 0.818. The van der Waals surface area contributed by atoms with E-state index in [1.165, 1.54) is 6.07 Å². The number of carbonyl (C=O) groups excluding carboxylic acids is 1. The lowest BCUT2D eigenvalue weighted by Gasteiger charge is -2.22. The first-order chi connectivity index (χ1) is 7.85. The summed E-state index contributed by atoms with van der Waals surface area (Å²) >= 11 is 0. The van der Waals surface area contributed by atoms with Gasteiger partial charge in [-0.15, -0.1) is 0 Å². The minimum Gasteiger partial charge on any atom is -0.368 e. The van der Waals surface area contributed by atoms with Gasteiger partial charge in [-0.1, -0.05) is 0 Å². The number of nitrogens with zero attached hydrogens (tertiary/aromatic N) is 1. The van der Waals surface area contributed by atoms with Crippen LogP contribution in [0.4, 0.5) is 4.39 Å². The maximum absolute atomic E-state index is 13.1. The van der Waals surface area contributed by atoms with Crippen LogP contribution in [0.25, 0.3) is 0 Å². The van der Waals surface area contributed by atoms with Crippen LogP contribution in [0, 0.1) is 17.1 Å². The first-order valence-corrected chi connectivity index (χ1v) is 5.09. The van der Waals surface area contributed by atoms with Gasteiger partial charge in [-0.05, 0) is 37.6 Å². The van der Waals surface area contributed by atoms with E-state index in [-0.39, 0.29) is 12.1 Å². The maximum Gasteiger partial charge on any atom is 0.237 e. The molecule has 1 rings (SSSR count). The van der Waals surface area contributed by atoms with Crippen LogP contribution in [-0.2, 0) is 11.3 Å². The molecule has 0 fully saturated rings. The Morgan fingerprint density at radius 2 is 2.18 bits per heavy atom. The standard InChI is InChI=1S/C12H14FN3O/c1-12(2,11(15)17)16-7-9-3-8(6-14)4-10(13)5-9/h3-5,16H,7H2,1-2H3,(H2,15,17). The number of amides is 1. The van der Waals surface area contributed by atoms with Crippen molar-refractivity contribution in [3.05, 3.63) is 35.1 Å². The second-order valence-corrected chi connectivity index (χ2v) is 4.30. The second-order valence-electron chi connectivity index (χ2n) is 4.30. The topological polar surface area (TPSA) is 78.9 Å². The Bertz CT molecular complexity index is 477. The highest BCUT2D eigenvalue weighted by Crippen LogP contribution is 2.10. The van der Waals surface area contributed by atoms with Crippen LogP contribution in [0.15, 0.2) is 18.2 Å². The molecule has 0 saturated heterocycles. The zero-order valence-corrected chi connectivity index (χ0v) is 9.75. The number of hydrogen-bond donors (Lipinski definition) is 2. The third kappa shape index (κ3) is 3.54. The summed E-state index contributed by atoms with van der Waals surface area (Å²) in [6.07, 6.45) is 0. The number of nitrogens with two attached hydrogens (primary N) is 1. The van der Waals surface area contributed by atoms with E-state index in [0.717, 1.165) is 6.07 Å². The third-order valence-corrected chi connectivity index (χ3v) is 2.44. The fourth-order valence-electron chi connectivity index (χ4n) is 1.23. The van der Waals surface area contributed by atoms with Gasteiger partial charge in [0.05, 0.1) is 17.2 Å². The number of benzene rings is 1. The van der Waals surface area contributed by atoms with Gasteiger partial charge in [-0.2, -0.15) is 5.26 Å². The van der Waals surface area contributed by atoms with E-state index in [1.54, 1.807) is 19.9 Å². The summed E-state index contributed by atoms with van der Waals surface area (Å²) in [6.45, 7) is 3.54. The molecule has 17 heavy (non-hydrogen) atoms. The van der Waals surface area contributed by atoms with Gasteiger partial charge in [0, 0.05) is 6.54 Å². The molecule has 0 aliphatic carbocycles. The average Bonchev–Trinajstić information content (AvgIpc) is 2.25. The monoisotopic (exact) mass is 235 g/mol. The van der Waals surface area contributed by atoms with Crippen molar-refractivity contribution in [3.8, 4) is 6.07 Å². The molecule has 1 aromatic rings. The van der Waals surface area contributed by atoms with Crippen LogP contribution in [0.3, 0.4) is 0 Å². The number of rotatable bonds is 4. The predicted molar refractivity (Wildman–Crippen MR) is 61.2 cm³/mol. The first-order valence-electron chi connectivity index (χ1n) is 5.09. The molecule has 0 spiro atoms. The number of primary amides is 1. The molecule has 1 amide bonds. The van der Waals surface area contributed by atoms with Gasteiger partial charge in [0.15, 0.2) is 0 Å². The first kappa shape index (κ1) is 13.1. The molecule has 1 aromatic carbocycles. The zero-order valence-electron chi connectivity index (χ0n) is 9.75. The summed E-state index contributed by atoms with van der Waals surface area (Å²) in [6, 6.07) is 5.90. The van der Waals surface area contributed by atoms with Gasteiger partial charge in [0.25, 0.3) is 0 Å². The smallest absolute Gasteiger partial charge is 0.237 e. The molecule has 0 radical (unpaired) electrons. The summed E-state index contributed by atoms with van der Waals surface area (Å²) in [5, 5.41) is 11.6. The highest BCUT2D eigenvalue weighted by Gasteiger charge is 2.23. The Balaban J connectivity index is 2.80. The SMILES string of the molecule is CC(C)(NCc1cc(F)cc(C#N)c1)C(N)=O. The Labute approximate surface area is 99.2 Å². The average molecular weight is 235 g/mol. The molecule has 0 heterocycles. The van der Waals surface area contributed by atoms with E-state index in [1.807, 2.05) is 6.07 Å². The molecule has 0 unspecified atom stereocenters. The van der Waals surface area contributed by atoms with Crippen molar-refractivity contribution in [2.24, 2.45) is 5.73 Å². The second kappa shape index (κ2) is 4.93. The molecular weight excluding hydrogens is 221 g/mol. The highest BCUT2D eigenvalue weighted by atomic mass is 19.1. The number of hydrogen-bond acceptors (Lipinski definition) is 3. The van der Waals surface area contributed by atoms with E-state index >= 15 is 0 Å². The van der Waals surface area contributed by atoms with E-state index in [0.29, 0.717) is 5.56 Å². The predicted octanol–water partition coefficient (Wildman–Crippen LogP) is 1.05. The van der Waals surface area contributed by atoms with Gasteiger partial charge in [-0.3, -0.25) is 10.1 Å². The van der Waals surface area contributed by atoms with Crippen molar-refractivity contribution in [2.45, 2.75) is 25.9 Å². The lowest BCUT2D eigenvalue weighted by Crippen LogP contribution is -2.50. The van der Waals surface area contributed by atoms with Crippen molar-refractivity contribution in [1.29, 1.82) is 5.26 Å². The van der Waals surface area contributed by atoms with Gasteiger partial charge < -0.3 is 5.73 Å². The highest BCUT2D eigenvalue weighted by molar-refractivity contribution is 5.83. The fraction of sp³-hybridized carbons (Fsp3) is 0.333. The zero-order chi connectivity index (χ0) is 13.1. The Kier molecular flexibility index (Phi) is 3.81. The third-order valence-electron chi connectivity index (χ3n) is 2.44. The Morgan fingerprint density at radius 3 is 2.71 bits per heavy atom. The number of carbonyl (C=O) groups is 1. The van der Waals surface area contributed by atoms with E-state index in [9.17, 15) is 9.18 Å². The summed E-state index contributed by atoms with van der Waals surface area (Å²) in [7, 11) is 0. The fourth-order valence-corrected chi connectivity index (χ4v) is 1.23. The summed E-state index contributed by atoms with van der Waals surface area (Å²) in [4.78, 5) is 11.1. The lowest BCUT2D eigenvalue weighted by molar-refractivity contribution is -0.123. The molecule has 3 N–H and O–H groups in total. The van der Waals surface area contributed by atoms with Gasteiger partial charge >= 0.3 is 0 Å². The molecule has 0 aliphatic rings. The molecule has 0 atom stereocenters. The largest absolute Gasteiger partial charge is 0.368 e. The lowest BCUT2D eigenvalue weighted by atomic mass is 10.0. The van der Waals surface area contributed by atoms with Gasteiger partial charge in [0.2, 0.25) is 5.91 Å². The molecule has 0 aliphatic heterocycles. The van der Waals surface area contributed by atoms with Crippen LogP contribution in [-0.4, -0.2) is 11.4 Å². The Morgan fingerprint density at radius 1 is 1.53 bits per heavy atom. The molecule has 5 heteroatoms. The van der Waals surface area contributed by atoms with Crippen molar-refractivity contribution in [2.75, 3.05) is 0 Å². The van der Waals surface area contributed by atoms with Crippen LogP contribution < -0.4 is 11.1 Å². The van der Waals surface area contributed by atoms with E-state index < -0.39 is 17.3 Å². The van der Waals surface area contributed by atoms with Gasteiger partial charge in [0.1, 0.15) is 5.82 Å². The summed E-state index contributed by atoms with van der Waals surface area (Å²) in [5.41, 5.74) is 5.16. The molecular formula is C12H14FN3O. The maximum atomic E-state index is 13.1. The van der Waals surface area contributed by atoms with Crippen LogP contribution in [0.2, 0.25) is 0 Å². The molecule has 0 bridgehead atoms. The van der Waals surface area contributed by atoms with Gasteiger partial charge in [-0.25, -0.2) is 4.39 Å². The van der Waals surface area contributed by atoms with Crippen LogP contribution in [0.1, 0.15) is 25.0 Å². The normalized spacial score (nSPS) is 10.9. The van der Waals surface area contributed by atoms with Crippen LogP contribution >= 0.6 is 0 Å². The van der Waals surface area contributed by atoms with E-state index in [2.05, 4.69) is 5.32 Å². The number of halogens is 1. The van der Waals surface area contributed by atoms with E-state index in [4.69, 9.17) is 11.0 Å². The number of nitriles is 1. The summed E-state index contributed by atoms with van der Waals surface area (Å²) in [5.74, 6) is -0.966. The minimum absolute atomic E-state index is 0.249. The van der Waals surface area contributed by atoms with Crippen molar-refractivity contribution >= 4 is 5.91 Å². The van der Waals surface area contributed by atoms with Crippen LogP contribution in [0.5, 0.6) is 0 Å². The number of nitrogens with one attached hydrogen (secondary N) is 1. The molecule has 90 valence electrons. The summed E-state index contributed by atoms with van der Waals surface area (Å²) < 4.78 is 13.1. The molecule has 0 aromatic heterocycles. The Hall–Kier alpha value is -1.93. The van der Waals surface area contributed by atoms with Crippen molar-refractivity contribution in [1.82, 2.24) is 5.32 Å². The van der Waals surface area contributed by atoms with Crippen molar-refractivity contribution < 1.29 is 9.18 Å². The molecule has 0 saturated carbocycles. The molecule has 4 nitrogen and oxygen atoms in total. The minimum atomic E-state index is -0.876.